The highest BCUT2D eigenvalue weighted by molar-refractivity contribution is 8.00. The van der Waals surface area contributed by atoms with Crippen LogP contribution in [0.4, 0.5) is 0 Å². The Kier molecular flexibility index (Phi) is 4.57. The normalized spacial score (nSPS) is 25.9. The van der Waals surface area contributed by atoms with Crippen molar-refractivity contribution < 1.29 is 0 Å². The highest BCUT2D eigenvalue weighted by Crippen LogP contribution is 2.46. The number of nitrogens with one attached hydrogen (secondary N) is 1. The molecule has 0 radical (unpaired) electrons. The maximum Gasteiger partial charge on any atom is 0.0282 e. The van der Waals surface area contributed by atoms with E-state index in [1.54, 1.807) is 0 Å². The highest BCUT2D eigenvalue weighted by Gasteiger charge is 2.41. The van der Waals surface area contributed by atoms with Gasteiger partial charge in [0.15, 0.2) is 0 Å². The topological polar surface area (TPSA) is 15.3 Å². The molecular weight excluding hydrogens is 216 g/mol. The zero-order valence-electron chi connectivity index (χ0n) is 10.8. The highest BCUT2D eigenvalue weighted by atomic mass is 32.2. The van der Waals surface area contributed by atoms with E-state index < -0.39 is 0 Å². The van der Waals surface area contributed by atoms with Crippen LogP contribution >= 0.6 is 11.8 Å². The summed E-state index contributed by atoms with van der Waals surface area (Å²) in [6.45, 7) is 7.42. The molecule has 94 valence electrons. The molecule has 1 saturated carbocycles. The predicted molar refractivity (Wildman–Crippen MR) is 73.2 cm³/mol. The molecular formula is C13H26N2S. The molecule has 1 aliphatic carbocycles. The summed E-state index contributed by atoms with van der Waals surface area (Å²) in [5.74, 6) is 0. The third-order valence-corrected chi connectivity index (χ3v) is 5.50. The molecule has 3 heteroatoms. The lowest BCUT2D eigenvalue weighted by Crippen LogP contribution is -2.44. The van der Waals surface area contributed by atoms with Crippen molar-refractivity contribution in [2.45, 2.75) is 49.8 Å². The molecule has 0 aromatic carbocycles. The van der Waals surface area contributed by atoms with Gasteiger partial charge >= 0.3 is 0 Å². The minimum absolute atomic E-state index is 0.626. The molecule has 0 aromatic heterocycles. The Labute approximate surface area is 105 Å². The first kappa shape index (κ1) is 12.7. The molecule has 1 aliphatic heterocycles. The molecule has 16 heavy (non-hydrogen) atoms. The summed E-state index contributed by atoms with van der Waals surface area (Å²) >= 11 is 2.06. The van der Waals surface area contributed by atoms with Gasteiger partial charge in [0.1, 0.15) is 0 Å². The van der Waals surface area contributed by atoms with Crippen molar-refractivity contribution in [1.29, 1.82) is 0 Å². The van der Waals surface area contributed by atoms with Crippen molar-refractivity contribution in [3.63, 3.8) is 0 Å². The third kappa shape index (κ3) is 3.38. The van der Waals surface area contributed by atoms with Gasteiger partial charge in [0, 0.05) is 17.3 Å². The summed E-state index contributed by atoms with van der Waals surface area (Å²) in [4.78, 5) is 2.61. The zero-order valence-corrected chi connectivity index (χ0v) is 11.6. The van der Waals surface area contributed by atoms with E-state index in [0.29, 0.717) is 4.75 Å². The molecule has 2 fully saturated rings. The van der Waals surface area contributed by atoms with Crippen molar-refractivity contribution in [3.05, 3.63) is 0 Å². The van der Waals surface area contributed by atoms with E-state index >= 15 is 0 Å². The maximum absolute atomic E-state index is 3.79. The van der Waals surface area contributed by atoms with Gasteiger partial charge in [-0.2, -0.15) is 11.8 Å². The van der Waals surface area contributed by atoms with E-state index in [0.717, 1.165) is 6.04 Å². The van der Waals surface area contributed by atoms with E-state index in [4.69, 9.17) is 0 Å². The molecule has 2 rings (SSSR count). The van der Waals surface area contributed by atoms with Gasteiger partial charge in [-0.25, -0.2) is 0 Å². The Morgan fingerprint density at radius 2 is 2.00 bits per heavy atom. The predicted octanol–water partition coefficient (Wildman–Crippen LogP) is 2.35. The number of nitrogens with zero attached hydrogens (tertiary/aromatic N) is 1. The minimum Gasteiger partial charge on any atom is -0.313 e. The maximum atomic E-state index is 3.79. The molecule has 0 bridgehead atoms. The Bertz CT molecular complexity index is 208. The Hall–Kier alpha value is 0.270. The lowest BCUT2D eigenvalue weighted by Gasteiger charge is -2.33. The molecule has 0 spiro atoms. The van der Waals surface area contributed by atoms with E-state index in [-0.39, 0.29) is 0 Å². The molecule has 0 aromatic rings. The first-order chi connectivity index (χ1) is 7.78. The van der Waals surface area contributed by atoms with E-state index in [1.807, 2.05) is 0 Å². The Morgan fingerprint density at radius 1 is 1.31 bits per heavy atom. The summed E-state index contributed by atoms with van der Waals surface area (Å²) in [6, 6.07) is 0.790. The van der Waals surface area contributed by atoms with Crippen LogP contribution in [0.2, 0.25) is 0 Å². The summed E-state index contributed by atoms with van der Waals surface area (Å²) in [5.41, 5.74) is 0. The van der Waals surface area contributed by atoms with Crippen molar-refractivity contribution in [2.24, 2.45) is 0 Å². The second-order valence-electron chi connectivity index (χ2n) is 5.38. The van der Waals surface area contributed by atoms with Crippen LogP contribution in [0.5, 0.6) is 0 Å². The number of rotatable bonds is 6. The van der Waals surface area contributed by atoms with E-state index in [1.165, 1.54) is 58.3 Å². The number of piperidine rings is 1. The van der Waals surface area contributed by atoms with Crippen LogP contribution in [0.25, 0.3) is 0 Å². The molecule has 1 N–H and O–H groups in total. The number of thioether (sulfide) groups is 1. The average molecular weight is 242 g/mol. The molecule has 0 atom stereocenters. The van der Waals surface area contributed by atoms with Crippen LogP contribution in [0.3, 0.4) is 0 Å². The summed E-state index contributed by atoms with van der Waals surface area (Å²) in [6.07, 6.45) is 9.12. The monoisotopic (exact) mass is 242 g/mol. The fraction of sp³-hybridized carbons (Fsp3) is 1.00. The lowest BCUT2D eigenvalue weighted by atomic mass is 10.0. The molecule has 1 heterocycles. The number of likely N-dealkylation sites (tertiary alicyclic amines) is 1. The van der Waals surface area contributed by atoms with Gasteiger partial charge in [0.05, 0.1) is 0 Å². The van der Waals surface area contributed by atoms with Crippen LogP contribution in [-0.4, -0.2) is 48.1 Å². The second kappa shape index (κ2) is 5.74. The van der Waals surface area contributed by atoms with Crippen molar-refractivity contribution in [1.82, 2.24) is 10.2 Å². The summed E-state index contributed by atoms with van der Waals surface area (Å²) in [7, 11) is 0. The van der Waals surface area contributed by atoms with Gasteiger partial charge in [-0.05, 0) is 58.0 Å². The standard InChI is InChI=1S/C13H26N2S/c1-3-8-15-9-4-12(5-10-15)14-11-13(16-2)6-7-13/h12,14H,3-11H2,1-2H3. The fourth-order valence-electron chi connectivity index (χ4n) is 2.60. The summed E-state index contributed by atoms with van der Waals surface area (Å²) < 4.78 is 0.626. The van der Waals surface area contributed by atoms with Crippen molar-refractivity contribution in [3.8, 4) is 0 Å². The van der Waals surface area contributed by atoms with Gasteiger partial charge in [-0.15, -0.1) is 0 Å². The van der Waals surface area contributed by atoms with Gasteiger partial charge in [0.2, 0.25) is 0 Å². The second-order valence-corrected chi connectivity index (χ2v) is 6.66. The van der Waals surface area contributed by atoms with Crippen molar-refractivity contribution >= 4 is 11.8 Å². The van der Waals surface area contributed by atoms with Gasteiger partial charge in [0.25, 0.3) is 0 Å². The van der Waals surface area contributed by atoms with E-state index in [2.05, 4.69) is 35.2 Å². The first-order valence-electron chi connectivity index (χ1n) is 6.79. The zero-order chi connectivity index (χ0) is 11.4. The molecule has 2 aliphatic rings. The van der Waals surface area contributed by atoms with Crippen LogP contribution in [0.1, 0.15) is 39.0 Å². The van der Waals surface area contributed by atoms with Gasteiger partial charge < -0.3 is 10.2 Å². The number of hydrogen-bond donors (Lipinski definition) is 1. The fourth-order valence-corrected chi connectivity index (χ4v) is 3.34. The van der Waals surface area contributed by atoms with Crippen molar-refractivity contribution in [2.75, 3.05) is 32.4 Å². The third-order valence-electron chi connectivity index (χ3n) is 4.08. The van der Waals surface area contributed by atoms with E-state index in [9.17, 15) is 0 Å². The molecule has 0 unspecified atom stereocenters. The quantitative estimate of drug-likeness (QED) is 0.770. The largest absolute Gasteiger partial charge is 0.313 e. The van der Waals surface area contributed by atoms with Gasteiger partial charge in [-0.3, -0.25) is 0 Å². The van der Waals surface area contributed by atoms with Crippen LogP contribution in [0.15, 0.2) is 0 Å². The van der Waals surface area contributed by atoms with Crippen LogP contribution < -0.4 is 5.32 Å². The SMILES string of the molecule is CCCN1CCC(NCC2(SC)CC2)CC1. The molecule has 1 saturated heterocycles. The molecule has 2 nitrogen and oxygen atoms in total. The minimum atomic E-state index is 0.626. The summed E-state index contributed by atoms with van der Waals surface area (Å²) in [5, 5.41) is 3.79. The Balaban J connectivity index is 1.62. The average Bonchev–Trinajstić information content (AvgIpc) is 3.09. The first-order valence-corrected chi connectivity index (χ1v) is 8.01. The van der Waals surface area contributed by atoms with Gasteiger partial charge in [-0.1, -0.05) is 6.92 Å². The molecule has 0 amide bonds. The van der Waals surface area contributed by atoms with Crippen LogP contribution in [-0.2, 0) is 0 Å². The van der Waals surface area contributed by atoms with Crippen LogP contribution in [0, 0.1) is 0 Å². The lowest BCUT2D eigenvalue weighted by molar-refractivity contribution is 0.198. The Morgan fingerprint density at radius 3 is 2.50 bits per heavy atom. The number of hydrogen-bond acceptors (Lipinski definition) is 3. The smallest absolute Gasteiger partial charge is 0.0282 e.